The largest absolute Gasteiger partial charge is 0.460 e. The number of nitrogens with zero attached hydrogens (tertiary/aromatic N) is 1. The third-order valence-corrected chi connectivity index (χ3v) is 3.35. The third-order valence-electron chi connectivity index (χ3n) is 3.35. The van der Waals surface area contributed by atoms with E-state index < -0.39 is 36.2 Å². The van der Waals surface area contributed by atoms with Gasteiger partial charge in [-0.25, -0.2) is 4.39 Å². The number of hydrogen-bond donors (Lipinski definition) is 3. The van der Waals surface area contributed by atoms with Crippen LogP contribution in [0.2, 0.25) is 0 Å². The Morgan fingerprint density at radius 1 is 1.37 bits per heavy atom. The van der Waals surface area contributed by atoms with Gasteiger partial charge in [0, 0.05) is 20.2 Å². The van der Waals surface area contributed by atoms with Gasteiger partial charge in [0.2, 0.25) is 0 Å². The zero-order valence-electron chi connectivity index (χ0n) is 14.7. The van der Waals surface area contributed by atoms with E-state index in [9.17, 15) is 22.4 Å². The number of nitrogens with one attached hydrogen (secondary N) is 1. The molecular formula is C16H22F4N4O3. The molecule has 11 heteroatoms. The fraction of sp³-hybridized carbons (Fsp3) is 0.500. The van der Waals surface area contributed by atoms with Gasteiger partial charge in [0.1, 0.15) is 18.5 Å². The Hall–Kier alpha value is -2.40. The molecule has 0 amide bonds. The van der Waals surface area contributed by atoms with E-state index in [1.807, 2.05) is 0 Å². The van der Waals surface area contributed by atoms with Gasteiger partial charge in [0.15, 0.2) is 5.96 Å². The number of aliphatic imine (C=N–C) groups is 1. The Balaban J connectivity index is 2.47. The van der Waals surface area contributed by atoms with Crippen molar-refractivity contribution in [1.29, 1.82) is 0 Å². The number of ether oxygens (including phenoxy) is 2. The quantitative estimate of drug-likeness (QED) is 0.191. The number of halogens is 4. The van der Waals surface area contributed by atoms with Gasteiger partial charge in [-0.1, -0.05) is 6.07 Å². The summed E-state index contributed by atoms with van der Waals surface area (Å²) in [4.78, 5) is 15.8. The summed E-state index contributed by atoms with van der Waals surface area (Å²) in [5, 5.41) is 2.78. The van der Waals surface area contributed by atoms with Crippen molar-refractivity contribution in [3.05, 3.63) is 35.1 Å². The number of methoxy groups -OCH3 is 1. The van der Waals surface area contributed by atoms with Crippen LogP contribution in [0.5, 0.6) is 0 Å². The number of benzene rings is 1. The first-order valence-electron chi connectivity index (χ1n) is 7.95. The average Bonchev–Trinajstić information content (AvgIpc) is 2.59. The minimum atomic E-state index is -4.84. The van der Waals surface area contributed by atoms with E-state index in [4.69, 9.17) is 20.9 Å². The topological polar surface area (TPSA) is 112 Å². The van der Waals surface area contributed by atoms with Crippen molar-refractivity contribution in [2.24, 2.45) is 16.5 Å². The van der Waals surface area contributed by atoms with E-state index in [1.54, 1.807) is 0 Å². The lowest BCUT2D eigenvalue weighted by Crippen LogP contribution is -2.36. The Labute approximate surface area is 153 Å². The van der Waals surface area contributed by atoms with Gasteiger partial charge < -0.3 is 26.3 Å². The molecule has 0 aliphatic carbocycles. The molecule has 0 aromatic heterocycles. The second-order valence-electron chi connectivity index (χ2n) is 5.50. The molecule has 1 atom stereocenters. The zero-order chi connectivity index (χ0) is 20.4. The van der Waals surface area contributed by atoms with Crippen LogP contribution in [0.4, 0.5) is 17.6 Å². The lowest BCUT2D eigenvalue weighted by molar-refractivity contribution is -0.146. The maximum Gasteiger partial charge on any atom is 0.419 e. The van der Waals surface area contributed by atoms with E-state index in [0.29, 0.717) is 25.3 Å². The highest BCUT2D eigenvalue weighted by molar-refractivity contribution is 5.78. The van der Waals surface area contributed by atoms with E-state index >= 15 is 0 Å². The molecule has 7 nitrogen and oxygen atoms in total. The van der Waals surface area contributed by atoms with Crippen molar-refractivity contribution in [2.45, 2.75) is 25.2 Å². The Morgan fingerprint density at radius 2 is 2.07 bits per heavy atom. The molecular weight excluding hydrogens is 372 g/mol. The molecule has 1 aromatic carbocycles. The van der Waals surface area contributed by atoms with Crippen LogP contribution in [0.3, 0.4) is 0 Å². The molecule has 0 radical (unpaired) electrons. The summed E-state index contributed by atoms with van der Waals surface area (Å²) >= 11 is 0. The molecule has 0 saturated heterocycles. The molecule has 0 aliphatic heterocycles. The monoisotopic (exact) mass is 394 g/mol. The molecule has 5 N–H and O–H groups in total. The summed E-state index contributed by atoms with van der Waals surface area (Å²) in [6.07, 6.45) is -4.71. The highest BCUT2D eigenvalue weighted by Gasteiger charge is 2.34. The molecule has 27 heavy (non-hydrogen) atoms. The Morgan fingerprint density at radius 3 is 2.70 bits per heavy atom. The molecule has 0 unspecified atom stereocenters. The molecule has 152 valence electrons. The number of esters is 1. The maximum atomic E-state index is 13.2. The predicted molar refractivity (Wildman–Crippen MR) is 90.2 cm³/mol. The van der Waals surface area contributed by atoms with Crippen molar-refractivity contribution in [2.75, 3.05) is 26.8 Å². The molecule has 1 aromatic rings. The molecule has 1 rings (SSSR count). The number of carbonyl (C=O) groups is 1. The average molecular weight is 394 g/mol. The van der Waals surface area contributed by atoms with Gasteiger partial charge in [0.05, 0.1) is 12.2 Å². The standard InChI is InChI=1S/C16H22F4N4O3/c1-26-7-6-24-15(22)23-5-4-13(21)14(25)27-9-10-2-3-12(17)11(8-10)16(18,19)20/h2-3,8,13H,4-7,9,21H2,1H3,(H3,22,23,24)/t13-/m0/s1. The third kappa shape index (κ3) is 8.22. The van der Waals surface area contributed by atoms with E-state index in [0.717, 1.165) is 6.07 Å². The predicted octanol–water partition coefficient (Wildman–Crippen LogP) is 1.16. The van der Waals surface area contributed by atoms with Crippen molar-refractivity contribution in [1.82, 2.24) is 5.32 Å². The smallest absolute Gasteiger partial charge is 0.419 e. The normalized spacial score (nSPS) is 13.3. The highest BCUT2D eigenvalue weighted by atomic mass is 19.4. The number of hydrogen-bond acceptors (Lipinski definition) is 5. The van der Waals surface area contributed by atoms with Crippen molar-refractivity contribution in [3.63, 3.8) is 0 Å². The van der Waals surface area contributed by atoms with Gasteiger partial charge in [-0.3, -0.25) is 9.79 Å². The molecule has 0 saturated carbocycles. The molecule has 0 spiro atoms. The summed E-state index contributed by atoms with van der Waals surface area (Å²) in [5.74, 6) is -2.04. The molecule has 0 heterocycles. The summed E-state index contributed by atoms with van der Waals surface area (Å²) in [5.41, 5.74) is 9.79. The number of nitrogens with two attached hydrogens (primary N) is 2. The minimum Gasteiger partial charge on any atom is -0.460 e. The summed E-state index contributed by atoms with van der Waals surface area (Å²) in [7, 11) is 1.54. The molecule has 0 fully saturated rings. The number of guanidine groups is 1. The number of alkyl halides is 3. The van der Waals surface area contributed by atoms with Crippen molar-refractivity contribution in [3.8, 4) is 0 Å². The van der Waals surface area contributed by atoms with Crippen LogP contribution in [0.25, 0.3) is 0 Å². The van der Waals surface area contributed by atoms with E-state index in [-0.39, 0.29) is 24.5 Å². The second kappa shape index (κ2) is 10.7. The summed E-state index contributed by atoms with van der Waals surface area (Å²) in [6.45, 7) is 0.607. The first-order valence-corrected chi connectivity index (χ1v) is 7.95. The van der Waals surface area contributed by atoms with E-state index in [1.165, 1.54) is 7.11 Å². The van der Waals surface area contributed by atoms with Gasteiger partial charge in [-0.15, -0.1) is 0 Å². The van der Waals surface area contributed by atoms with Gasteiger partial charge in [-0.05, 0) is 24.1 Å². The fourth-order valence-corrected chi connectivity index (χ4v) is 1.92. The SMILES string of the molecule is COCCNC(N)=NCC[C@H](N)C(=O)OCc1ccc(F)c(C(F)(F)F)c1. The van der Waals surface area contributed by atoms with Crippen LogP contribution in [0.1, 0.15) is 17.5 Å². The summed E-state index contributed by atoms with van der Waals surface area (Å²) in [6, 6.07) is 1.33. The second-order valence-corrected chi connectivity index (χ2v) is 5.50. The van der Waals surface area contributed by atoms with Crippen LogP contribution in [-0.2, 0) is 27.1 Å². The van der Waals surface area contributed by atoms with Crippen LogP contribution in [0.15, 0.2) is 23.2 Å². The fourth-order valence-electron chi connectivity index (χ4n) is 1.92. The van der Waals surface area contributed by atoms with Crippen molar-refractivity contribution < 1.29 is 31.8 Å². The first-order chi connectivity index (χ1) is 12.6. The number of carbonyl (C=O) groups excluding carboxylic acids is 1. The highest BCUT2D eigenvalue weighted by Crippen LogP contribution is 2.32. The lowest BCUT2D eigenvalue weighted by Gasteiger charge is -2.13. The van der Waals surface area contributed by atoms with Gasteiger partial charge >= 0.3 is 12.1 Å². The first kappa shape index (κ1) is 22.6. The molecule has 0 bridgehead atoms. The maximum absolute atomic E-state index is 13.2. The van der Waals surface area contributed by atoms with Gasteiger partial charge in [0.25, 0.3) is 0 Å². The van der Waals surface area contributed by atoms with Crippen LogP contribution in [0, 0.1) is 5.82 Å². The zero-order valence-corrected chi connectivity index (χ0v) is 14.7. The lowest BCUT2D eigenvalue weighted by atomic mass is 10.1. The molecule has 0 aliphatic rings. The van der Waals surface area contributed by atoms with Gasteiger partial charge in [-0.2, -0.15) is 13.2 Å². The van der Waals surface area contributed by atoms with Crippen molar-refractivity contribution >= 4 is 11.9 Å². The summed E-state index contributed by atoms with van der Waals surface area (Å²) < 4.78 is 60.9. The van der Waals surface area contributed by atoms with E-state index in [2.05, 4.69) is 10.3 Å². The minimum absolute atomic E-state index is 0.00566. The Bertz CT molecular complexity index is 653. The number of rotatable bonds is 9. The van der Waals surface area contributed by atoms with Crippen LogP contribution >= 0.6 is 0 Å². The Kier molecular flexibility index (Phi) is 8.95. The van der Waals surface area contributed by atoms with Crippen LogP contribution < -0.4 is 16.8 Å². The van der Waals surface area contributed by atoms with Crippen LogP contribution in [-0.4, -0.2) is 44.8 Å².